The summed E-state index contributed by atoms with van der Waals surface area (Å²) in [4.78, 5) is 12.3. The monoisotopic (exact) mass is 299 g/mol. The van der Waals surface area contributed by atoms with Gasteiger partial charge in [-0.25, -0.2) is 0 Å². The van der Waals surface area contributed by atoms with Crippen LogP contribution in [0.2, 0.25) is 0 Å². The quantitative estimate of drug-likeness (QED) is 0.901. The molecule has 1 amide bonds. The molecule has 0 spiro atoms. The summed E-state index contributed by atoms with van der Waals surface area (Å²) in [5, 5.41) is 3.15. The van der Waals surface area contributed by atoms with E-state index in [2.05, 4.69) is 16.8 Å². The van der Waals surface area contributed by atoms with Gasteiger partial charge in [0.1, 0.15) is 0 Å². The second-order valence-corrected chi connectivity index (χ2v) is 5.61. The van der Waals surface area contributed by atoms with Gasteiger partial charge < -0.3 is 15.6 Å². The lowest BCUT2D eigenvalue weighted by atomic mass is 9.91. The van der Waals surface area contributed by atoms with Crippen molar-refractivity contribution in [2.75, 3.05) is 0 Å². The minimum atomic E-state index is 0. The summed E-state index contributed by atoms with van der Waals surface area (Å²) in [6.07, 6.45) is 4.02. The van der Waals surface area contributed by atoms with Crippen molar-refractivity contribution in [1.29, 1.82) is 0 Å². The van der Waals surface area contributed by atoms with E-state index in [-0.39, 0.29) is 24.4 Å². The van der Waals surface area contributed by atoms with Crippen LogP contribution in [-0.4, -0.2) is 22.6 Å². The predicted octanol–water partition coefficient (Wildman–Crippen LogP) is 2.55. The van der Waals surface area contributed by atoms with Gasteiger partial charge in [0.15, 0.2) is 0 Å². The second-order valence-electron chi connectivity index (χ2n) is 5.61. The Balaban J connectivity index is 0.00000200. The topological polar surface area (TPSA) is 60.0 Å². The fourth-order valence-electron chi connectivity index (χ4n) is 3.04. The zero-order chi connectivity index (χ0) is 14.0. The van der Waals surface area contributed by atoms with E-state index in [0.29, 0.717) is 6.04 Å². The molecule has 4 nitrogen and oxygen atoms in total. The SMILES string of the molecule is CCn1c(C)cc(C(=O)NC2CCC(N)CC2)c1C.Cl. The molecule has 114 valence electrons. The number of nitrogens with one attached hydrogen (secondary N) is 1. The molecular formula is C15H26ClN3O. The van der Waals surface area contributed by atoms with Crippen LogP contribution in [0.15, 0.2) is 6.07 Å². The zero-order valence-corrected chi connectivity index (χ0v) is 13.4. The van der Waals surface area contributed by atoms with Crippen molar-refractivity contribution in [1.82, 2.24) is 9.88 Å². The number of aromatic nitrogens is 1. The average Bonchev–Trinajstić information content (AvgIpc) is 2.67. The van der Waals surface area contributed by atoms with E-state index < -0.39 is 0 Å². The summed E-state index contributed by atoms with van der Waals surface area (Å²) in [6, 6.07) is 2.60. The molecule has 0 bridgehead atoms. The summed E-state index contributed by atoms with van der Waals surface area (Å²) in [5.41, 5.74) is 8.91. The number of amides is 1. The lowest BCUT2D eigenvalue weighted by Crippen LogP contribution is -2.40. The molecule has 0 aromatic carbocycles. The van der Waals surface area contributed by atoms with Gasteiger partial charge in [0, 0.05) is 30.0 Å². The van der Waals surface area contributed by atoms with Crippen LogP contribution >= 0.6 is 12.4 Å². The van der Waals surface area contributed by atoms with E-state index in [1.165, 1.54) is 0 Å². The highest BCUT2D eigenvalue weighted by atomic mass is 35.5. The molecule has 0 atom stereocenters. The van der Waals surface area contributed by atoms with Crippen LogP contribution in [0, 0.1) is 13.8 Å². The molecule has 5 heteroatoms. The summed E-state index contributed by atoms with van der Waals surface area (Å²) in [5.74, 6) is 0.0632. The maximum Gasteiger partial charge on any atom is 0.253 e. The maximum atomic E-state index is 12.3. The third kappa shape index (κ3) is 3.55. The molecular weight excluding hydrogens is 274 g/mol. The second kappa shape index (κ2) is 7.14. The molecule has 3 N–H and O–H groups in total. The molecule has 0 unspecified atom stereocenters. The number of hydrogen-bond acceptors (Lipinski definition) is 2. The zero-order valence-electron chi connectivity index (χ0n) is 12.6. The number of nitrogens with zero attached hydrogens (tertiary/aromatic N) is 1. The first kappa shape index (κ1) is 17.1. The summed E-state index contributed by atoms with van der Waals surface area (Å²) < 4.78 is 2.17. The lowest BCUT2D eigenvalue weighted by Gasteiger charge is -2.26. The number of aryl methyl sites for hydroxylation is 1. The number of rotatable bonds is 3. The van der Waals surface area contributed by atoms with Gasteiger partial charge in [0.25, 0.3) is 5.91 Å². The van der Waals surface area contributed by atoms with Crippen molar-refractivity contribution < 1.29 is 4.79 Å². The number of carbonyl (C=O) groups is 1. The number of hydrogen-bond donors (Lipinski definition) is 2. The van der Waals surface area contributed by atoms with Crippen LogP contribution in [0.1, 0.15) is 54.4 Å². The van der Waals surface area contributed by atoms with Gasteiger partial charge in [0.05, 0.1) is 5.56 Å². The van der Waals surface area contributed by atoms with Gasteiger partial charge in [-0.3, -0.25) is 4.79 Å². The van der Waals surface area contributed by atoms with Gasteiger partial charge >= 0.3 is 0 Å². The molecule has 1 fully saturated rings. The summed E-state index contributed by atoms with van der Waals surface area (Å²) in [7, 11) is 0. The molecule has 0 radical (unpaired) electrons. The Kier molecular flexibility index (Phi) is 6.08. The normalized spacial score (nSPS) is 22.2. The van der Waals surface area contributed by atoms with Gasteiger partial charge in [-0.1, -0.05) is 0 Å². The molecule has 1 aliphatic rings. The molecule has 1 saturated carbocycles. The van der Waals surface area contributed by atoms with Gasteiger partial charge in [-0.2, -0.15) is 0 Å². The van der Waals surface area contributed by atoms with Crippen molar-refractivity contribution in [3.63, 3.8) is 0 Å². The number of nitrogens with two attached hydrogens (primary N) is 1. The Labute approximate surface area is 127 Å². The van der Waals surface area contributed by atoms with Crippen LogP contribution in [0.3, 0.4) is 0 Å². The molecule has 0 aliphatic heterocycles. The lowest BCUT2D eigenvalue weighted by molar-refractivity contribution is 0.0925. The average molecular weight is 300 g/mol. The largest absolute Gasteiger partial charge is 0.349 e. The molecule has 0 saturated heterocycles. The van der Waals surface area contributed by atoms with E-state index in [4.69, 9.17) is 5.73 Å². The third-order valence-electron chi connectivity index (χ3n) is 4.24. The summed E-state index contributed by atoms with van der Waals surface area (Å²) in [6.45, 7) is 7.07. The van der Waals surface area contributed by atoms with Gasteiger partial charge in [0.2, 0.25) is 0 Å². The van der Waals surface area contributed by atoms with E-state index in [1.807, 2.05) is 19.9 Å². The molecule has 20 heavy (non-hydrogen) atoms. The predicted molar refractivity (Wildman–Crippen MR) is 84.5 cm³/mol. The van der Waals surface area contributed by atoms with Crippen molar-refractivity contribution in [3.8, 4) is 0 Å². The van der Waals surface area contributed by atoms with Crippen molar-refractivity contribution in [2.45, 2.75) is 65.1 Å². The Morgan fingerprint density at radius 2 is 1.95 bits per heavy atom. The highest BCUT2D eigenvalue weighted by Gasteiger charge is 2.22. The first-order chi connectivity index (χ1) is 9.02. The maximum absolute atomic E-state index is 12.3. The highest BCUT2D eigenvalue weighted by molar-refractivity contribution is 5.95. The van der Waals surface area contributed by atoms with Crippen molar-refractivity contribution in [3.05, 3.63) is 23.0 Å². The highest BCUT2D eigenvalue weighted by Crippen LogP contribution is 2.19. The first-order valence-corrected chi connectivity index (χ1v) is 7.26. The molecule has 2 rings (SSSR count). The minimum absolute atomic E-state index is 0. The fourth-order valence-corrected chi connectivity index (χ4v) is 3.04. The summed E-state index contributed by atoms with van der Waals surface area (Å²) >= 11 is 0. The minimum Gasteiger partial charge on any atom is -0.349 e. The van der Waals surface area contributed by atoms with Crippen LogP contribution in [-0.2, 0) is 6.54 Å². The van der Waals surface area contributed by atoms with E-state index in [9.17, 15) is 4.79 Å². The smallest absolute Gasteiger partial charge is 0.253 e. The molecule has 1 aromatic heterocycles. The van der Waals surface area contributed by atoms with Crippen molar-refractivity contribution in [2.24, 2.45) is 5.73 Å². The molecule has 1 aliphatic carbocycles. The Bertz CT molecular complexity index is 462. The standard InChI is InChI=1S/C15H25N3O.ClH/c1-4-18-10(2)9-14(11(18)3)15(19)17-13-7-5-12(16)6-8-13;/h9,12-13H,4-8,16H2,1-3H3,(H,17,19);1H. The van der Waals surface area contributed by atoms with Crippen molar-refractivity contribution >= 4 is 18.3 Å². The van der Waals surface area contributed by atoms with E-state index in [0.717, 1.165) is 49.2 Å². The Morgan fingerprint density at radius 3 is 2.45 bits per heavy atom. The number of carbonyl (C=O) groups excluding carboxylic acids is 1. The Morgan fingerprint density at radius 1 is 1.35 bits per heavy atom. The van der Waals surface area contributed by atoms with Gasteiger partial charge in [-0.15, -0.1) is 12.4 Å². The van der Waals surface area contributed by atoms with Crippen LogP contribution < -0.4 is 11.1 Å². The number of halogens is 1. The van der Waals surface area contributed by atoms with Crippen LogP contribution in [0.5, 0.6) is 0 Å². The van der Waals surface area contributed by atoms with E-state index >= 15 is 0 Å². The molecule has 1 aromatic rings. The van der Waals surface area contributed by atoms with Crippen LogP contribution in [0.4, 0.5) is 0 Å². The third-order valence-corrected chi connectivity index (χ3v) is 4.24. The first-order valence-electron chi connectivity index (χ1n) is 7.26. The van der Waals surface area contributed by atoms with Crippen LogP contribution in [0.25, 0.3) is 0 Å². The fraction of sp³-hybridized carbons (Fsp3) is 0.667. The van der Waals surface area contributed by atoms with E-state index in [1.54, 1.807) is 0 Å². The molecule has 1 heterocycles. The van der Waals surface area contributed by atoms with Gasteiger partial charge in [-0.05, 0) is 52.5 Å². The Hall–Kier alpha value is -1.00.